The Morgan fingerprint density at radius 3 is 2.06 bits per heavy atom. The Hall–Kier alpha value is -2.71. The standard InChI is InChI=1S/C26H32N2O5S/c1-33-26(30)22-7-5-19(6-8-22)17-27-15-13-23(14-16-27)28(18-20-3-4-20)25(29)21-9-11-24(12-10-21)34(2,31)32/h5-12,20,23H,3-4,13-18H2,1-2H3. The molecule has 1 saturated carbocycles. The van der Waals surface area contributed by atoms with Gasteiger partial charge in [0.2, 0.25) is 0 Å². The van der Waals surface area contributed by atoms with Crippen molar-refractivity contribution < 1.29 is 22.7 Å². The molecular weight excluding hydrogens is 452 g/mol. The van der Waals surface area contributed by atoms with Gasteiger partial charge in [-0.05, 0) is 73.6 Å². The summed E-state index contributed by atoms with van der Waals surface area (Å²) in [6.07, 6.45) is 5.30. The molecule has 2 aliphatic rings. The summed E-state index contributed by atoms with van der Waals surface area (Å²) >= 11 is 0. The Balaban J connectivity index is 1.38. The molecule has 34 heavy (non-hydrogen) atoms. The summed E-state index contributed by atoms with van der Waals surface area (Å²) in [5.41, 5.74) is 2.23. The average Bonchev–Trinajstić information content (AvgIpc) is 3.66. The van der Waals surface area contributed by atoms with Gasteiger partial charge < -0.3 is 9.64 Å². The monoisotopic (exact) mass is 484 g/mol. The van der Waals surface area contributed by atoms with Crippen LogP contribution < -0.4 is 0 Å². The number of hydrogen-bond donors (Lipinski definition) is 0. The van der Waals surface area contributed by atoms with Crippen molar-refractivity contribution in [1.29, 1.82) is 0 Å². The number of hydrogen-bond acceptors (Lipinski definition) is 6. The zero-order valence-electron chi connectivity index (χ0n) is 19.8. The van der Waals surface area contributed by atoms with E-state index in [1.165, 1.54) is 25.5 Å². The lowest BCUT2D eigenvalue weighted by Crippen LogP contribution is -2.48. The van der Waals surface area contributed by atoms with Crippen molar-refractivity contribution in [3.05, 3.63) is 65.2 Å². The second-order valence-electron chi connectivity index (χ2n) is 9.39. The largest absolute Gasteiger partial charge is 0.465 e. The first-order valence-electron chi connectivity index (χ1n) is 11.8. The van der Waals surface area contributed by atoms with Crippen LogP contribution in [0.1, 0.15) is 52.0 Å². The fourth-order valence-corrected chi connectivity index (χ4v) is 5.13. The summed E-state index contributed by atoms with van der Waals surface area (Å²) in [4.78, 5) is 29.6. The maximum Gasteiger partial charge on any atom is 0.337 e. The van der Waals surface area contributed by atoms with Gasteiger partial charge in [0, 0.05) is 44.0 Å². The summed E-state index contributed by atoms with van der Waals surface area (Å²) in [6.45, 7) is 3.36. The first kappa shape index (κ1) is 24.4. The van der Waals surface area contributed by atoms with E-state index in [0.717, 1.165) is 57.4 Å². The predicted molar refractivity (Wildman–Crippen MR) is 129 cm³/mol. The molecule has 1 aliphatic heterocycles. The van der Waals surface area contributed by atoms with E-state index >= 15 is 0 Å². The molecule has 0 radical (unpaired) electrons. The normalized spacial score (nSPS) is 17.4. The molecule has 0 spiro atoms. The molecular formula is C26H32N2O5S. The minimum Gasteiger partial charge on any atom is -0.465 e. The van der Waals surface area contributed by atoms with Gasteiger partial charge in [-0.2, -0.15) is 0 Å². The van der Waals surface area contributed by atoms with E-state index in [2.05, 4.69) is 4.90 Å². The van der Waals surface area contributed by atoms with E-state index in [0.29, 0.717) is 17.0 Å². The van der Waals surface area contributed by atoms with Gasteiger partial charge in [0.1, 0.15) is 0 Å². The Labute approximate surface area is 201 Å². The summed E-state index contributed by atoms with van der Waals surface area (Å²) in [5.74, 6) is 0.230. The van der Waals surface area contributed by atoms with Crippen LogP contribution in [0.25, 0.3) is 0 Å². The first-order chi connectivity index (χ1) is 16.2. The maximum absolute atomic E-state index is 13.4. The Morgan fingerprint density at radius 1 is 0.941 bits per heavy atom. The van der Waals surface area contributed by atoms with Crippen molar-refractivity contribution in [2.75, 3.05) is 33.0 Å². The summed E-state index contributed by atoms with van der Waals surface area (Å²) in [7, 11) is -1.91. The third-order valence-electron chi connectivity index (χ3n) is 6.72. The SMILES string of the molecule is COC(=O)c1ccc(CN2CCC(N(CC3CC3)C(=O)c3ccc(S(C)(=O)=O)cc3)CC2)cc1. The molecule has 0 unspecified atom stereocenters. The minimum atomic E-state index is -3.29. The number of benzene rings is 2. The van der Waals surface area contributed by atoms with E-state index < -0.39 is 9.84 Å². The van der Waals surface area contributed by atoms with Gasteiger partial charge >= 0.3 is 5.97 Å². The van der Waals surface area contributed by atoms with Crippen LogP contribution in [0, 0.1) is 5.92 Å². The molecule has 7 nitrogen and oxygen atoms in total. The van der Waals surface area contributed by atoms with Crippen molar-refractivity contribution in [3.8, 4) is 0 Å². The van der Waals surface area contributed by atoms with Crippen LogP contribution in [0.3, 0.4) is 0 Å². The van der Waals surface area contributed by atoms with E-state index in [1.54, 1.807) is 24.3 Å². The van der Waals surface area contributed by atoms with Crippen LogP contribution in [0.15, 0.2) is 53.4 Å². The Morgan fingerprint density at radius 2 is 1.53 bits per heavy atom. The third kappa shape index (κ3) is 6.04. The number of sulfone groups is 1. The molecule has 4 rings (SSSR count). The number of carbonyl (C=O) groups excluding carboxylic acids is 2. The highest BCUT2D eigenvalue weighted by Crippen LogP contribution is 2.32. The molecule has 1 saturated heterocycles. The number of esters is 1. The number of piperidine rings is 1. The number of nitrogens with zero attached hydrogens (tertiary/aromatic N) is 2. The van der Waals surface area contributed by atoms with Gasteiger partial charge in [0.25, 0.3) is 5.91 Å². The molecule has 182 valence electrons. The molecule has 1 heterocycles. The van der Waals surface area contributed by atoms with Crippen molar-refractivity contribution in [1.82, 2.24) is 9.80 Å². The summed E-state index contributed by atoms with van der Waals surface area (Å²) in [5, 5.41) is 0. The minimum absolute atomic E-state index is 0.0104. The lowest BCUT2D eigenvalue weighted by Gasteiger charge is -2.39. The number of ether oxygens (including phenoxy) is 1. The first-order valence-corrected chi connectivity index (χ1v) is 13.6. The van der Waals surface area contributed by atoms with E-state index in [9.17, 15) is 18.0 Å². The molecule has 0 bridgehead atoms. The highest BCUT2D eigenvalue weighted by atomic mass is 32.2. The molecule has 2 fully saturated rings. The van der Waals surface area contributed by atoms with Crippen LogP contribution in [0.4, 0.5) is 0 Å². The van der Waals surface area contributed by atoms with Gasteiger partial charge in [-0.15, -0.1) is 0 Å². The number of amides is 1. The van der Waals surface area contributed by atoms with Gasteiger partial charge in [0.15, 0.2) is 9.84 Å². The fourth-order valence-electron chi connectivity index (χ4n) is 4.50. The van der Waals surface area contributed by atoms with Gasteiger partial charge in [-0.1, -0.05) is 12.1 Å². The van der Waals surface area contributed by atoms with Gasteiger partial charge in [-0.25, -0.2) is 13.2 Å². The predicted octanol–water partition coefficient (Wildman–Crippen LogP) is 3.39. The summed E-state index contributed by atoms with van der Waals surface area (Å²) < 4.78 is 28.3. The number of rotatable bonds is 8. The number of methoxy groups -OCH3 is 1. The molecule has 0 atom stereocenters. The Bertz CT molecular complexity index is 1120. The average molecular weight is 485 g/mol. The van der Waals surface area contributed by atoms with Crippen molar-refractivity contribution in [2.24, 2.45) is 5.92 Å². The topological polar surface area (TPSA) is 84.0 Å². The van der Waals surface area contributed by atoms with Crippen molar-refractivity contribution >= 4 is 21.7 Å². The maximum atomic E-state index is 13.4. The van der Waals surface area contributed by atoms with Crippen LogP contribution in [-0.2, 0) is 21.1 Å². The second kappa shape index (κ2) is 10.3. The Kier molecular flexibility index (Phi) is 7.38. The molecule has 1 aliphatic carbocycles. The molecule has 2 aromatic carbocycles. The second-order valence-corrected chi connectivity index (χ2v) is 11.4. The fraction of sp³-hybridized carbons (Fsp3) is 0.462. The lowest BCUT2D eigenvalue weighted by atomic mass is 10.0. The van der Waals surface area contributed by atoms with Crippen LogP contribution in [0.5, 0.6) is 0 Å². The zero-order chi connectivity index (χ0) is 24.3. The smallest absolute Gasteiger partial charge is 0.337 e. The molecule has 0 N–H and O–H groups in total. The molecule has 0 aromatic heterocycles. The van der Waals surface area contributed by atoms with Crippen LogP contribution in [0.2, 0.25) is 0 Å². The highest BCUT2D eigenvalue weighted by molar-refractivity contribution is 7.90. The van der Waals surface area contributed by atoms with E-state index in [1.807, 2.05) is 17.0 Å². The summed E-state index contributed by atoms with van der Waals surface area (Å²) in [6, 6.07) is 14.0. The molecule has 8 heteroatoms. The lowest BCUT2D eigenvalue weighted by molar-refractivity contribution is 0.0550. The van der Waals surface area contributed by atoms with Crippen molar-refractivity contribution in [2.45, 2.75) is 43.2 Å². The zero-order valence-corrected chi connectivity index (χ0v) is 20.6. The van der Waals surface area contributed by atoms with E-state index in [4.69, 9.17) is 4.74 Å². The van der Waals surface area contributed by atoms with Crippen LogP contribution >= 0.6 is 0 Å². The highest BCUT2D eigenvalue weighted by Gasteiger charge is 2.33. The van der Waals surface area contributed by atoms with Crippen molar-refractivity contribution in [3.63, 3.8) is 0 Å². The third-order valence-corrected chi connectivity index (χ3v) is 7.85. The van der Waals surface area contributed by atoms with Crippen LogP contribution in [-0.4, -0.2) is 69.1 Å². The number of carbonyl (C=O) groups is 2. The van der Waals surface area contributed by atoms with Gasteiger partial charge in [-0.3, -0.25) is 9.69 Å². The molecule has 1 amide bonds. The molecule has 2 aromatic rings. The van der Waals surface area contributed by atoms with E-state index in [-0.39, 0.29) is 22.8 Å². The number of likely N-dealkylation sites (tertiary alicyclic amines) is 1. The van der Waals surface area contributed by atoms with Gasteiger partial charge in [0.05, 0.1) is 17.6 Å². The quantitative estimate of drug-likeness (QED) is 0.534.